The molecule has 0 bridgehead atoms. The lowest BCUT2D eigenvalue weighted by Gasteiger charge is -2.14. The topological polar surface area (TPSA) is 67.4 Å². The first-order valence-electron chi connectivity index (χ1n) is 7.33. The molecule has 0 amide bonds. The second kappa shape index (κ2) is 9.15. The number of rotatable bonds is 10. The third-order valence-electron chi connectivity index (χ3n) is 2.91. The van der Waals surface area contributed by atoms with Crippen molar-refractivity contribution in [1.29, 1.82) is 0 Å². The van der Waals surface area contributed by atoms with Crippen molar-refractivity contribution >= 4 is 10.0 Å². The summed E-state index contributed by atoms with van der Waals surface area (Å²) in [6, 6.07) is 7.41. The molecule has 1 aromatic rings. The minimum atomic E-state index is -3.34. The normalized spacial score (nSPS) is 13.3. The molecule has 0 fully saturated rings. The summed E-state index contributed by atoms with van der Waals surface area (Å²) in [7, 11) is -3.34. The Kier molecular flexibility index (Phi) is 7.88. The van der Waals surface area contributed by atoms with Gasteiger partial charge < -0.3 is 10.1 Å². The summed E-state index contributed by atoms with van der Waals surface area (Å²) in [4.78, 5) is 0. The van der Waals surface area contributed by atoms with Crippen LogP contribution in [0.5, 0.6) is 0 Å². The fraction of sp³-hybridized carbons (Fsp3) is 0.600. The van der Waals surface area contributed by atoms with Gasteiger partial charge in [-0.25, -0.2) is 13.1 Å². The molecule has 0 aliphatic heterocycles. The quantitative estimate of drug-likeness (QED) is 0.689. The van der Waals surface area contributed by atoms with Crippen LogP contribution in [0.15, 0.2) is 24.3 Å². The Balaban J connectivity index is 2.54. The molecule has 0 aliphatic carbocycles. The van der Waals surface area contributed by atoms with Crippen molar-refractivity contribution in [2.45, 2.75) is 39.1 Å². The van der Waals surface area contributed by atoms with Gasteiger partial charge in [0.1, 0.15) is 0 Å². The molecule has 0 radical (unpaired) electrons. The van der Waals surface area contributed by atoms with Gasteiger partial charge in [-0.15, -0.1) is 0 Å². The van der Waals surface area contributed by atoms with Gasteiger partial charge >= 0.3 is 0 Å². The average molecular weight is 314 g/mol. The van der Waals surface area contributed by atoms with E-state index >= 15 is 0 Å². The van der Waals surface area contributed by atoms with E-state index in [1.807, 2.05) is 31.2 Å². The van der Waals surface area contributed by atoms with Crippen LogP contribution in [-0.4, -0.2) is 34.2 Å². The van der Waals surface area contributed by atoms with E-state index in [2.05, 4.69) is 17.0 Å². The van der Waals surface area contributed by atoms with Gasteiger partial charge in [0.2, 0.25) is 10.0 Å². The number of ether oxygens (including phenoxy) is 1. The predicted molar refractivity (Wildman–Crippen MR) is 85.5 cm³/mol. The van der Waals surface area contributed by atoms with E-state index < -0.39 is 10.0 Å². The largest absolute Gasteiger partial charge is 0.380 e. The van der Waals surface area contributed by atoms with Crippen LogP contribution in [0.2, 0.25) is 0 Å². The summed E-state index contributed by atoms with van der Waals surface area (Å²) in [6.07, 6.45) is 0. The Hall–Kier alpha value is -0.950. The second-order valence-electron chi connectivity index (χ2n) is 5.03. The summed E-state index contributed by atoms with van der Waals surface area (Å²) < 4.78 is 31.9. The third-order valence-corrected chi connectivity index (χ3v) is 4.39. The molecule has 120 valence electrons. The maximum absolute atomic E-state index is 12.1. The molecule has 1 rings (SSSR count). The molecular weight excluding hydrogens is 288 g/mol. The van der Waals surface area contributed by atoms with Gasteiger partial charge in [-0.05, 0) is 31.5 Å². The number of hydrogen-bond donors (Lipinski definition) is 2. The Morgan fingerprint density at radius 1 is 1.14 bits per heavy atom. The summed E-state index contributed by atoms with van der Waals surface area (Å²) >= 11 is 0. The van der Waals surface area contributed by atoms with Crippen LogP contribution in [0.1, 0.15) is 31.9 Å². The smallest absolute Gasteiger partial charge is 0.216 e. The molecular formula is C15H26N2O3S. The van der Waals surface area contributed by atoms with Crippen molar-refractivity contribution in [2.24, 2.45) is 0 Å². The highest BCUT2D eigenvalue weighted by molar-refractivity contribution is 7.88. The van der Waals surface area contributed by atoms with E-state index in [9.17, 15) is 8.42 Å². The van der Waals surface area contributed by atoms with E-state index in [-0.39, 0.29) is 11.8 Å². The minimum Gasteiger partial charge on any atom is -0.380 e. The van der Waals surface area contributed by atoms with Crippen molar-refractivity contribution < 1.29 is 13.2 Å². The van der Waals surface area contributed by atoms with Crippen LogP contribution in [0.25, 0.3) is 0 Å². The molecule has 1 aromatic carbocycles. The van der Waals surface area contributed by atoms with E-state index in [1.165, 1.54) is 0 Å². The fourth-order valence-corrected chi connectivity index (χ4v) is 3.31. The first-order valence-corrected chi connectivity index (χ1v) is 8.98. The van der Waals surface area contributed by atoms with E-state index in [1.54, 1.807) is 6.92 Å². The molecule has 21 heavy (non-hydrogen) atoms. The lowest BCUT2D eigenvalue weighted by atomic mass is 10.1. The molecule has 0 saturated carbocycles. The molecule has 0 saturated heterocycles. The first kappa shape index (κ1) is 18.1. The van der Waals surface area contributed by atoms with Crippen LogP contribution in [0.3, 0.4) is 0 Å². The summed E-state index contributed by atoms with van der Waals surface area (Å²) in [6.45, 7) is 8.42. The van der Waals surface area contributed by atoms with Crippen LogP contribution in [0, 0.1) is 0 Å². The van der Waals surface area contributed by atoms with Crippen molar-refractivity contribution in [2.75, 3.05) is 19.8 Å². The molecule has 0 aliphatic rings. The Labute approximate surface area is 128 Å². The second-order valence-corrected chi connectivity index (χ2v) is 6.79. The average Bonchev–Trinajstić information content (AvgIpc) is 2.43. The summed E-state index contributed by atoms with van der Waals surface area (Å²) in [5.74, 6) is -0.00898. The van der Waals surface area contributed by atoms with Crippen LogP contribution in [-0.2, 0) is 27.1 Å². The van der Waals surface area contributed by atoms with Gasteiger partial charge in [0.05, 0.1) is 12.4 Å². The summed E-state index contributed by atoms with van der Waals surface area (Å²) in [5, 5.41) is 3.23. The van der Waals surface area contributed by atoms with Crippen molar-refractivity contribution in [1.82, 2.24) is 10.0 Å². The maximum Gasteiger partial charge on any atom is 0.216 e. The number of hydrogen-bond acceptors (Lipinski definition) is 4. The van der Waals surface area contributed by atoms with Gasteiger partial charge in [-0.3, -0.25) is 0 Å². The number of sulfonamides is 1. The van der Waals surface area contributed by atoms with Crippen LogP contribution in [0.4, 0.5) is 0 Å². The molecule has 5 nitrogen and oxygen atoms in total. The Morgan fingerprint density at radius 3 is 2.33 bits per heavy atom. The first-order chi connectivity index (χ1) is 9.96. The standard InChI is InChI=1S/C15H26N2O3S/c1-4-16-10-14-6-8-15(9-7-14)12-21(18,19)17-13(3)11-20-5-2/h6-9,13,16-17H,4-5,10-12H2,1-3H3. The van der Waals surface area contributed by atoms with Crippen LogP contribution >= 0.6 is 0 Å². The van der Waals surface area contributed by atoms with E-state index in [0.29, 0.717) is 13.2 Å². The Morgan fingerprint density at radius 2 is 1.76 bits per heavy atom. The van der Waals surface area contributed by atoms with Gasteiger partial charge in [-0.1, -0.05) is 31.2 Å². The van der Waals surface area contributed by atoms with E-state index in [0.717, 1.165) is 24.2 Å². The predicted octanol–water partition coefficient (Wildman–Crippen LogP) is 1.64. The van der Waals surface area contributed by atoms with Crippen molar-refractivity contribution in [3.63, 3.8) is 0 Å². The maximum atomic E-state index is 12.1. The van der Waals surface area contributed by atoms with Crippen molar-refractivity contribution in [3.8, 4) is 0 Å². The van der Waals surface area contributed by atoms with Gasteiger partial charge in [-0.2, -0.15) is 0 Å². The highest BCUT2D eigenvalue weighted by atomic mass is 32.2. The molecule has 0 spiro atoms. The zero-order valence-electron chi connectivity index (χ0n) is 13.1. The van der Waals surface area contributed by atoms with Crippen LogP contribution < -0.4 is 10.0 Å². The monoisotopic (exact) mass is 314 g/mol. The number of nitrogens with one attached hydrogen (secondary N) is 2. The molecule has 1 atom stereocenters. The zero-order chi connectivity index (χ0) is 15.7. The highest BCUT2D eigenvalue weighted by Gasteiger charge is 2.15. The fourth-order valence-electron chi connectivity index (χ4n) is 1.92. The lowest BCUT2D eigenvalue weighted by molar-refractivity contribution is 0.133. The highest BCUT2D eigenvalue weighted by Crippen LogP contribution is 2.08. The van der Waals surface area contributed by atoms with Gasteiger partial charge in [0, 0.05) is 19.2 Å². The zero-order valence-corrected chi connectivity index (χ0v) is 13.9. The van der Waals surface area contributed by atoms with Gasteiger partial charge in [0.15, 0.2) is 0 Å². The lowest BCUT2D eigenvalue weighted by Crippen LogP contribution is -2.36. The molecule has 0 aromatic heterocycles. The summed E-state index contributed by atoms with van der Waals surface area (Å²) in [5.41, 5.74) is 1.93. The Bertz CT molecular complexity index is 500. The molecule has 6 heteroatoms. The molecule has 0 heterocycles. The number of benzene rings is 1. The molecule has 2 N–H and O–H groups in total. The third kappa shape index (κ3) is 7.57. The minimum absolute atomic E-state index is 0.00898. The molecule has 1 unspecified atom stereocenters. The van der Waals surface area contributed by atoms with Gasteiger partial charge in [0.25, 0.3) is 0 Å². The van der Waals surface area contributed by atoms with E-state index in [4.69, 9.17) is 4.74 Å². The van der Waals surface area contributed by atoms with Crippen molar-refractivity contribution in [3.05, 3.63) is 35.4 Å². The SMILES string of the molecule is CCNCc1ccc(CS(=O)(=O)NC(C)COCC)cc1.